The standard InChI is InChI=1S/C14H12ClF3N4O2/c15-10-6-8(11(19)23)7-22-12(10)20-4-5-24-13-9(14(16,17)18)2-1-3-21-13/h1-3,6-7H,4-5H2,(H2,19,23)(H,20,22). The normalized spacial score (nSPS) is 11.2. The lowest BCUT2D eigenvalue weighted by Crippen LogP contribution is -2.16. The SMILES string of the molecule is NC(=O)c1cnc(NCCOc2ncccc2C(F)(F)F)c(Cl)c1. The molecule has 0 unspecified atom stereocenters. The number of hydrogen-bond acceptors (Lipinski definition) is 5. The average Bonchev–Trinajstić information content (AvgIpc) is 2.52. The number of nitrogens with two attached hydrogens (primary N) is 1. The molecule has 0 aliphatic rings. The summed E-state index contributed by atoms with van der Waals surface area (Å²) in [6.07, 6.45) is -2.11. The van der Waals surface area contributed by atoms with Gasteiger partial charge in [0, 0.05) is 12.4 Å². The summed E-state index contributed by atoms with van der Waals surface area (Å²) in [6, 6.07) is 3.40. The van der Waals surface area contributed by atoms with Gasteiger partial charge in [0.1, 0.15) is 18.0 Å². The molecule has 2 aromatic rings. The van der Waals surface area contributed by atoms with E-state index in [0.29, 0.717) is 0 Å². The smallest absolute Gasteiger partial charge is 0.421 e. The van der Waals surface area contributed by atoms with E-state index in [-0.39, 0.29) is 29.6 Å². The van der Waals surface area contributed by atoms with E-state index in [1.54, 1.807) is 0 Å². The van der Waals surface area contributed by atoms with E-state index in [4.69, 9.17) is 22.1 Å². The Bertz CT molecular complexity index is 740. The van der Waals surface area contributed by atoms with Crippen LogP contribution >= 0.6 is 11.6 Å². The fourth-order valence-corrected chi connectivity index (χ4v) is 1.97. The highest BCUT2D eigenvalue weighted by Gasteiger charge is 2.34. The number of pyridine rings is 2. The number of alkyl halides is 3. The summed E-state index contributed by atoms with van der Waals surface area (Å²) in [5.74, 6) is -0.925. The van der Waals surface area contributed by atoms with Crippen LogP contribution in [0.4, 0.5) is 19.0 Å². The molecule has 0 radical (unpaired) electrons. The molecule has 0 saturated carbocycles. The minimum absolute atomic E-state index is 0.102. The molecule has 10 heteroatoms. The van der Waals surface area contributed by atoms with E-state index in [1.165, 1.54) is 24.5 Å². The lowest BCUT2D eigenvalue weighted by atomic mass is 10.2. The molecule has 2 aromatic heterocycles. The van der Waals surface area contributed by atoms with Crippen molar-refractivity contribution in [2.24, 2.45) is 5.73 Å². The van der Waals surface area contributed by atoms with Crippen LogP contribution in [0.15, 0.2) is 30.6 Å². The van der Waals surface area contributed by atoms with Crippen LogP contribution in [-0.4, -0.2) is 29.0 Å². The predicted octanol–water partition coefficient (Wildman–Crippen LogP) is 2.74. The minimum Gasteiger partial charge on any atom is -0.475 e. The van der Waals surface area contributed by atoms with Gasteiger partial charge in [0.15, 0.2) is 0 Å². The van der Waals surface area contributed by atoms with Gasteiger partial charge in [-0.15, -0.1) is 0 Å². The Morgan fingerprint density at radius 1 is 1.38 bits per heavy atom. The van der Waals surface area contributed by atoms with Gasteiger partial charge in [-0.1, -0.05) is 11.6 Å². The molecule has 24 heavy (non-hydrogen) atoms. The Labute approximate surface area is 139 Å². The maximum absolute atomic E-state index is 12.8. The third-order valence-corrected chi connectivity index (χ3v) is 3.12. The van der Waals surface area contributed by atoms with Crippen LogP contribution in [0.2, 0.25) is 5.02 Å². The first-order valence-electron chi connectivity index (χ1n) is 6.63. The van der Waals surface area contributed by atoms with Gasteiger partial charge in [0.2, 0.25) is 11.8 Å². The van der Waals surface area contributed by atoms with Gasteiger partial charge in [-0.3, -0.25) is 4.79 Å². The van der Waals surface area contributed by atoms with Crippen LogP contribution in [0.25, 0.3) is 0 Å². The molecule has 0 bridgehead atoms. The van der Waals surface area contributed by atoms with Crippen molar-refractivity contribution in [1.29, 1.82) is 0 Å². The van der Waals surface area contributed by atoms with Crippen LogP contribution in [0.5, 0.6) is 5.88 Å². The molecule has 128 valence electrons. The third-order valence-electron chi connectivity index (χ3n) is 2.84. The number of carbonyl (C=O) groups excluding carboxylic acids is 1. The molecule has 0 aromatic carbocycles. The quantitative estimate of drug-likeness (QED) is 0.773. The summed E-state index contributed by atoms with van der Waals surface area (Å²) >= 11 is 5.92. The van der Waals surface area contributed by atoms with E-state index >= 15 is 0 Å². The molecule has 0 fully saturated rings. The molecule has 0 spiro atoms. The monoisotopic (exact) mass is 360 g/mol. The first kappa shape index (κ1) is 17.8. The minimum atomic E-state index is -4.55. The summed E-state index contributed by atoms with van der Waals surface area (Å²) in [7, 11) is 0. The molecule has 0 saturated heterocycles. The maximum Gasteiger partial charge on any atom is 0.421 e. The van der Waals surface area contributed by atoms with E-state index in [0.717, 1.165) is 6.07 Å². The summed E-state index contributed by atoms with van der Waals surface area (Å²) < 4.78 is 43.4. The second kappa shape index (κ2) is 7.35. The summed E-state index contributed by atoms with van der Waals surface area (Å²) in [6.45, 7) is 0.0200. The Morgan fingerprint density at radius 3 is 2.75 bits per heavy atom. The predicted molar refractivity (Wildman–Crippen MR) is 81.0 cm³/mol. The second-order valence-corrected chi connectivity index (χ2v) is 4.95. The topological polar surface area (TPSA) is 90.1 Å². The number of hydrogen-bond donors (Lipinski definition) is 2. The lowest BCUT2D eigenvalue weighted by molar-refractivity contribution is -0.139. The van der Waals surface area contributed by atoms with Crippen molar-refractivity contribution in [3.05, 3.63) is 46.7 Å². The summed E-state index contributed by atoms with van der Waals surface area (Å²) in [4.78, 5) is 18.5. The van der Waals surface area contributed by atoms with Gasteiger partial charge in [-0.05, 0) is 18.2 Å². The number of amides is 1. The number of nitrogens with one attached hydrogen (secondary N) is 1. The molecule has 1 amide bonds. The van der Waals surface area contributed by atoms with Crippen molar-refractivity contribution < 1.29 is 22.7 Å². The Balaban J connectivity index is 1.94. The highest BCUT2D eigenvalue weighted by molar-refractivity contribution is 6.33. The van der Waals surface area contributed by atoms with Gasteiger partial charge in [0.25, 0.3) is 0 Å². The Kier molecular flexibility index (Phi) is 5.45. The molecule has 6 nitrogen and oxygen atoms in total. The number of ether oxygens (including phenoxy) is 1. The van der Waals surface area contributed by atoms with E-state index in [9.17, 15) is 18.0 Å². The number of primary amides is 1. The number of nitrogens with zero attached hydrogens (tertiary/aromatic N) is 2. The van der Waals surface area contributed by atoms with Crippen LogP contribution < -0.4 is 15.8 Å². The van der Waals surface area contributed by atoms with Crippen molar-refractivity contribution in [2.75, 3.05) is 18.5 Å². The number of rotatable bonds is 6. The van der Waals surface area contributed by atoms with Crippen molar-refractivity contribution in [1.82, 2.24) is 9.97 Å². The zero-order valence-electron chi connectivity index (χ0n) is 12.1. The largest absolute Gasteiger partial charge is 0.475 e. The molecule has 0 aliphatic carbocycles. The molecule has 0 atom stereocenters. The van der Waals surface area contributed by atoms with Crippen LogP contribution in [-0.2, 0) is 6.18 Å². The molecule has 0 aliphatic heterocycles. The molecule has 3 N–H and O–H groups in total. The van der Waals surface area contributed by atoms with Gasteiger partial charge in [-0.25, -0.2) is 9.97 Å². The number of carbonyl (C=O) groups is 1. The van der Waals surface area contributed by atoms with Crippen LogP contribution in [0, 0.1) is 0 Å². The maximum atomic E-state index is 12.8. The van der Waals surface area contributed by atoms with Crippen LogP contribution in [0.3, 0.4) is 0 Å². The zero-order valence-corrected chi connectivity index (χ0v) is 12.9. The van der Waals surface area contributed by atoms with Gasteiger partial charge < -0.3 is 15.8 Å². The molecule has 2 rings (SSSR count). The Morgan fingerprint density at radius 2 is 2.12 bits per heavy atom. The van der Waals surface area contributed by atoms with Gasteiger partial charge in [0.05, 0.1) is 17.1 Å². The fourth-order valence-electron chi connectivity index (χ4n) is 1.74. The number of anilines is 1. The third kappa shape index (κ3) is 4.48. The second-order valence-electron chi connectivity index (χ2n) is 4.55. The van der Waals surface area contributed by atoms with E-state index < -0.39 is 23.5 Å². The summed E-state index contributed by atoms with van der Waals surface area (Å²) in [5, 5.41) is 2.93. The number of halogens is 4. The zero-order chi connectivity index (χ0) is 17.7. The van der Waals surface area contributed by atoms with Crippen LogP contribution in [0.1, 0.15) is 15.9 Å². The van der Waals surface area contributed by atoms with Crippen molar-refractivity contribution in [2.45, 2.75) is 6.18 Å². The lowest BCUT2D eigenvalue weighted by Gasteiger charge is -2.13. The molecule has 2 heterocycles. The fraction of sp³-hybridized carbons (Fsp3) is 0.214. The van der Waals surface area contributed by atoms with Gasteiger partial charge in [-0.2, -0.15) is 13.2 Å². The van der Waals surface area contributed by atoms with Crippen molar-refractivity contribution in [3.8, 4) is 5.88 Å². The summed E-state index contributed by atoms with van der Waals surface area (Å²) in [5.41, 5.74) is 4.28. The molecular weight excluding hydrogens is 349 g/mol. The highest BCUT2D eigenvalue weighted by Crippen LogP contribution is 2.34. The van der Waals surface area contributed by atoms with Gasteiger partial charge >= 0.3 is 6.18 Å². The van der Waals surface area contributed by atoms with E-state index in [2.05, 4.69) is 15.3 Å². The highest BCUT2D eigenvalue weighted by atomic mass is 35.5. The first-order chi connectivity index (χ1) is 11.3. The first-order valence-corrected chi connectivity index (χ1v) is 7.01. The number of aromatic nitrogens is 2. The average molecular weight is 361 g/mol. The van der Waals surface area contributed by atoms with E-state index in [1.807, 2.05) is 0 Å². The van der Waals surface area contributed by atoms with Crippen molar-refractivity contribution >= 4 is 23.3 Å². The van der Waals surface area contributed by atoms with Crippen molar-refractivity contribution in [3.63, 3.8) is 0 Å². The Hall–Kier alpha value is -2.55. The molecular formula is C14H12ClF3N4O2.